The first-order valence-electron chi connectivity index (χ1n) is 2.29. The van der Waals surface area contributed by atoms with Gasteiger partial charge in [0.05, 0.1) is 0 Å². The molecule has 4 nitrogen and oxygen atoms in total. The number of ketones is 1. The van der Waals surface area contributed by atoms with Crippen molar-refractivity contribution in [1.82, 2.24) is 0 Å². The van der Waals surface area contributed by atoms with Gasteiger partial charge < -0.3 is 10.2 Å². The van der Waals surface area contributed by atoms with E-state index in [-0.39, 0.29) is 59.8 Å². The predicted octanol–water partition coefficient (Wildman–Crippen LogP) is 0.928. The molecule has 0 aromatic heterocycles. The maximum absolute atomic E-state index is 9.87. The monoisotopic (exact) mass is 255 g/mol. The summed E-state index contributed by atoms with van der Waals surface area (Å²) in [6.45, 7) is 1.24. The zero-order chi connectivity index (χ0) is 7.86. The molecule has 0 atom stereocenters. The van der Waals surface area contributed by atoms with Gasteiger partial charge in [-0.3, -0.25) is 9.59 Å². The van der Waals surface area contributed by atoms with Crippen LogP contribution in [0.4, 0.5) is 0 Å². The molecule has 12 heavy (non-hydrogen) atoms. The van der Waals surface area contributed by atoms with Crippen molar-refractivity contribution in [1.29, 1.82) is 0 Å². The molecule has 5 heteroatoms. The number of carbonyl (C=O) groups is 2. The van der Waals surface area contributed by atoms with E-state index in [1.54, 1.807) is 0 Å². The minimum Gasteiger partial charge on any atom is -0.481 e. The van der Waals surface area contributed by atoms with Crippen molar-refractivity contribution in [2.24, 2.45) is 0 Å². The molecule has 0 bridgehead atoms. The van der Waals surface area contributed by atoms with Crippen molar-refractivity contribution >= 4 is 11.8 Å². The Bertz CT molecular complexity index is 91.6. The maximum atomic E-state index is 9.87. The largest absolute Gasteiger partial charge is 0.481 e. The van der Waals surface area contributed by atoms with Crippen LogP contribution in [0.1, 0.15) is 28.2 Å². The summed E-state index contributed by atoms with van der Waals surface area (Å²) in [5.74, 6) is -1.37. The number of aliphatic hydroxyl groups excluding tert-OH is 1. The molecule has 0 fully saturated rings. The third-order valence-corrected chi connectivity index (χ3v) is 0.400. The molecule has 0 aromatic carbocycles. The molecular formula is C7H18O4Y. The van der Waals surface area contributed by atoms with Crippen molar-refractivity contribution in [3.8, 4) is 0 Å². The molecule has 0 saturated carbocycles. The van der Waals surface area contributed by atoms with Gasteiger partial charge in [-0.15, -0.1) is 0 Å². The average molecular weight is 255 g/mol. The fourth-order valence-electron chi connectivity index (χ4n) is 0.213. The summed E-state index contributed by atoms with van der Waals surface area (Å²) in [7, 11) is 1.00. The van der Waals surface area contributed by atoms with Gasteiger partial charge in [0, 0.05) is 39.8 Å². The van der Waals surface area contributed by atoms with E-state index in [0.717, 1.165) is 7.11 Å². The van der Waals surface area contributed by atoms with E-state index < -0.39 is 5.97 Å². The molecule has 0 heterocycles. The van der Waals surface area contributed by atoms with Gasteiger partial charge >= 0.3 is 5.97 Å². The van der Waals surface area contributed by atoms with E-state index >= 15 is 0 Å². The van der Waals surface area contributed by atoms with Crippen LogP contribution < -0.4 is 0 Å². The van der Waals surface area contributed by atoms with Crippen LogP contribution >= 0.6 is 0 Å². The van der Waals surface area contributed by atoms with Crippen LogP contribution in [-0.4, -0.2) is 29.1 Å². The molecule has 0 aliphatic heterocycles. The van der Waals surface area contributed by atoms with Crippen LogP contribution in [-0.2, 0) is 42.3 Å². The number of carbonyl (C=O) groups excluding carboxylic acids is 1. The summed E-state index contributed by atoms with van der Waals surface area (Å²) in [6.07, 6.45) is -0.361. The molecule has 0 amide bonds. The Morgan fingerprint density at radius 2 is 1.42 bits per heavy atom. The normalized spacial score (nSPS) is 5.25. The molecule has 0 aromatic rings. The predicted molar refractivity (Wildman–Crippen MR) is 44.5 cm³/mol. The number of Topliss-reactive ketones (excluding diaryl/α,β-unsaturated/α-hetero) is 1. The van der Waals surface area contributed by atoms with Crippen LogP contribution in [0.25, 0.3) is 0 Å². The molecule has 0 saturated heterocycles. The molecule has 0 unspecified atom stereocenters. The summed E-state index contributed by atoms with van der Waals surface area (Å²) in [5.41, 5.74) is 0. The number of hydrogen-bond acceptors (Lipinski definition) is 3. The van der Waals surface area contributed by atoms with Gasteiger partial charge in [-0.2, -0.15) is 0 Å². The minimum atomic E-state index is -1.06. The summed E-state index contributed by atoms with van der Waals surface area (Å²) < 4.78 is 0. The topological polar surface area (TPSA) is 74.6 Å². The van der Waals surface area contributed by atoms with E-state index in [9.17, 15) is 9.59 Å². The second kappa shape index (κ2) is 22.5. The Labute approximate surface area is 99.2 Å². The number of hydrogen-bond donors (Lipinski definition) is 2. The Balaban J connectivity index is -0.0000000303. The first-order chi connectivity index (χ1) is 4.13. The Morgan fingerprint density at radius 3 is 1.42 bits per heavy atom. The van der Waals surface area contributed by atoms with Crippen LogP contribution in [0.2, 0.25) is 0 Å². The van der Waals surface area contributed by atoms with Crippen molar-refractivity contribution in [2.45, 2.75) is 28.2 Å². The van der Waals surface area contributed by atoms with Crippen LogP contribution in [0.5, 0.6) is 0 Å². The second-order valence-corrected chi connectivity index (χ2v) is 1.27. The third-order valence-electron chi connectivity index (χ3n) is 0.400. The quantitative estimate of drug-likeness (QED) is 0.720. The number of aliphatic hydroxyl groups is 1. The molecule has 2 N–H and O–H groups in total. The fraction of sp³-hybridized carbons (Fsp3) is 0.714. The number of rotatable bonds is 2. The van der Waals surface area contributed by atoms with Gasteiger partial charge in [-0.1, -0.05) is 14.9 Å². The van der Waals surface area contributed by atoms with E-state index in [4.69, 9.17) is 10.2 Å². The molecule has 0 aliphatic rings. The summed E-state index contributed by atoms with van der Waals surface area (Å²) in [6, 6.07) is 0. The SMILES string of the molecule is C.C.CC(=O)CC(=O)O.CO.[Y]. The minimum absolute atomic E-state index is 0. The smallest absolute Gasteiger partial charge is 0.310 e. The Morgan fingerprint density at radius 1 is 1.17 bits per heavy atom. The van der Waals surface area contributed by atoms with Crippen LogP contribution in [0.15, 0.2) is 0 Å². The number of carboxylic acid groups (broad SMARTS) is 1. The second-order valence-electron chi connectivity index (χ2n) is 1.27. The summed E-state index contributed by atoms with van der Waals surface area (Å²) in [4.78, 5) is 19.5. The van der Waals surface area contributed by atoms with E-state index in [2.05, 4.69) is 0 Å². The van der Waals surface area contributed by atoms with Crippen molar-refractivity contribution < 1.29 is 52.5 Å². The molecule has 0 rings (SSSR count). The van der Waals surface area contributed by atoms with Gasteiger partial charge in [-0.25, -0.2) is 0 Å². The molecule has 0 spiro atoms. The fourth-order valence-corrected chi connectivity index (χ4v) is 0.213. The first kappa shape index (κ1) is 29.5. The van der Waals surface area contributed by atoms with E-state index in [0.29, 0.717) is 0 Å². The van der Waals surface area contributed by atoms with Gasteiger partial charge in [0.15, 0.2) is 0 Å². The van der Waals surface area contributed by atoms with Crippen LogP contribution in [0.3, 0.4) is 0 Å². The number of carboxylic acids is 1. The van der Waals surface area contributed by atoms with Crippen molar-refractivity contribution in [2.75, 3.05) is 7.11 Å². The van der Waals surface area contributed by atoms with E-state index in [1.807, 2.05) is 0 Å². The summed E-state index contributed by atoms with van der Waals surface area (Å²) in [5, 5.41) is 14.9. The standard InChI is InChI=1S/C4H6O3.CH4O.2CH4.Y/c1-3(5)2-4(6)7;1-2;;;/h2H2,1H3,(H,6,7);2H,1H3;2*1H4;. The zero-order valence-corrected chi connectivity index (χ0v) is 8.83. The first-order valence-corrected chi connectivity index (χ1v) is 2.29. The van der Waals surface area contributed by atoms with Gasteiger partial charge in [0.1, 0.15) is 12.2 Å². The summed E-state index contributed by atoms with van der Waals surface area (Å²) >= 11 is 0. The third kappa shape index (κ3) is 48.9. The van der Waals surface area contributed by atoms with Crippen molar-refractivity contribution in [3.05, 3.63) is 0 Å². The zero-order valence-electron chi connectivity index (χ0n) is 6.00. The molecular weight excluding hydrogens is 237 g/mol. The van der Waals surface area contributed by atoms with Crippen LogP contribution in [0, 0.1) is 0 Å². The molecule has 73 valence electrons. The molecule has 0 aliphatic carbocycles. The Hall–Kier alpha value is 0.204. The average Bonchev–Trinajstić information content (AvgIpc) is 1.68. The maximum Gasteiger partial charge on any atom is 0.310 e. The van der Waals surface area contributed by atoms with Gasteiger partial charge in [0.25, 0.3) is 0 Å². The van der Waals surface area contributed by atoms with Gasteiger partial charge in [0.2, 0.25) is 0 Å². The van der Waals surface area contributed by atoms with Gasteiger partial charge in [-0.05, 0) is 6.92 Å². The number of aliphatic carboxylic acids is 1. The molecule has 1 radical (unpaired) electrons. The Kier molecular flexibility index (Phi) is 55.3. The van der Waals surface area contributed by atoms with Crippen molar-refractivity contribution in [3.63, 3.8) is 0 Å². The van der Waals surface area contributed by atoms with E-state index in [1.165, 1.54) is 6.92 Å².